The molecule has 0 spiro atoms. The lowest BCUT2D eigenvalue weighted by Crippen LogP contribution is -2.22. The highest BCUT2D eigenvalue weighted by Crippen LogP contribution is 2.21. The Kier molecular flexibility index (Phi) is 3.20. The number of para-hydroxylation sites is 1. The zero-order chi connectivity index (χ0) is 14.1. The molecule has 3 aromatic rings. The van der Waals surface area contributed by atoms with Crippen LogP contribution in [0.3, 0.4) is 0 Å². The van der Waals surface area contributed by atoms with E-state index in [-0.39, 0.29) is 5.69 Å². The second kappa shape index (κ2) is 5.02. The van der Waals surface area contributed by atoms with E-state index in [4.69, 9.17) is 11.6 Å². The Labute approximate surface area is 121 Å². The number of halogens is 1. The predicted octanol–water partition coefficient (Wildman–Crippen LogP) is 3.63. The molecule has 2 aromatic carbocycles. The van der Waals surface area contributed by atoms with Crippen molar-refractivity contribution in [2.24, 2.45) is 0 Å². The zero-order valence-electron chi connectivity index (χ0n) is 10.8. The first-order chi connectivity index (χ1) is 9.72. The molecule has 4 heteroatoms. The fourth-order valence-electron chi connectivity index (χ4n) is 2.36. The second-order valence-corrected chi connectivity index (χ2v) is 4.92. The van der Waals surface area contributed by atoms with Crippen molar-refractivity contribution in [1.82, 2.24) is 9.13 Å². The molecule has 0 aliphatic carbocycles. The van der Waals surface area contributed by atoms with Crippen molar-refractivity contribution in [3.8, 4) is 5.69 Å². The molecule has 0 unspecified atom stereocenters. The summed E-state index contributed by atoms with van der Waals surface area (Å²) in [5.41, 5.74) is 2.39. The molecule has 0 saturated carbocycles. The largest absolute Gasteiger partial charge is 0.334 e. The van der Waals surface area contributed by atoms with Crippen LogP contribution < -0.4 is 5.69 Å². The summed E-state index contributed by atoms with van der Waals surface area (Å²) in [5, 5.41) is 0.609. The number of rotatable bonds is 3. The predicted molar refractivity (Wildman–Crippen MR) is 82.7 cm³/mol. The first kappa shape index (κ1) is 12.8. The van der Waals surface area contributed by atoms with E-state index in [0.717, 1.165) is 16.7 Å². The molecular formula is C16H13ClN2O. The van der Waals surface area contributed by atoms with Gasteiger partial charge in [0.1, 0.15) is 0 Å². The van der Waals surface area contributed by atoms with Crippen LogP contribution in [0.1, 0.15) is 0 Å². The van der Waals surface area contributed by atoms with Crippen LogP contribution in [0.2, 0.25) is 5.02 Å². The normalized spacial score (nSPS) is 10.8. The van der Waals surface area contributed by atoms with Gasteiger partial charge in [-0.1, -0.05) is 35.9 Å². The fraction of sp³-hybridized carbons (Fsp3) is 0.0625. The lowest BCUT2D eigenvalue weighted by Gasteiger charge is -2.02. The lowest BCUT2D eigenvalue weighted by atomic mass is 10.3. The van der Waals surface area contributed by atoms with Crippen LogP contribution in [0.15, 0.2) is 66.0 Å². The standard InChI is InChI=1S/C16H13ClN2O/c1-2-10-18-14-9-8-12(17)11-15(14)19(16(18)20)13-6-4-3-5-7-13/h2-9,11H,1,10H2. The van der Waals surface area contributed by atoms with Crippen molar-refractivity contribution >= 4 is 22.6 Å². The van der Waals surface area contributed by atoms with Gasteiger partial charge in [0.25, 0.3) is 0 Å². The van der Waals surface area contributed by atoms with Gasteiger partial charge in [-0.05, 0) is 30.3 Å². The fourth-order valence-corrected chi connectivity index (χ4v) is 2.53. The third-order valence-corrected chi connectivity index (χ3v) is 3.45. The van der Waals surface area contributed by atoms with Crippen molar-refractivity contribution in [3.05, 3.63) is 76.7 Å². The van der Waals surface area contributed by atoms with Crippen LogP contribution in [-0.2, 0) is 6.54 Å². The van der Waals surface area contributed by atoms with E-state index in [2.05, 4.69) is 6.58 Å². The highest BCUT2D eigenvalue weighted by atomic mass is 35.5. The Morgan fingerprint density at radius 2 is 1.85 bits per heavy atom. The Morgan fingerprint density at radius 1 is 1.10 bits per heavy atom. The van der Waals surface area contributed by atoms with Crippen molar-refractivity contribution < 1.29 is 0 Å². The van der Waals surface area contributed by atoms with Gasteiger partial charge in [-0.3, -0.25) is 9.13 Å². The summed E-state index contributed by atoms with van der Waals surface area (Å²) in [4.78, 5) is 12.6. The van der Waals surface area contributed by atoms with Gasteiger partial charge < -0.3 is 0 Å². The van der Waals surface area contributed by atoms with Crippen LogP contribution in [0.5, 0.6) is 0 Å². The molecular weight excluding hydrogens is 272 g/mol. The van der Waals surface area contributed by atoms with E-state index in [0.29, 0.717) is 11.6 Å². The van der Waals surface area contributed by atoms with Gasteiger partial charge in [0.15, 0.2) is 0 Å². The Morgan fingerprint density at radius 3 is 2.55 bits per heavy atom. The van der Waals surface area contributed by atoms with Gasteiger partial charge in [0.2, 0.25) is 0 Å². The first-order valence-electron chi connectivity index (χ1n) is 6.29. The molecule has 0 bridgehead atoms. The average Bonchev–Trinajstić information content (AvgIpc) is 2.72. The molecule has 0 N–H and O–H groups in total. The average molecular weight is 285 g/mol. The number of nitrogens with zero attached hydrogens (tertiary/aromatic N) is 2. The van der Waals surface area contributed by atoms with E-state index in [1.54, 1.807) is 21.3 Å². The highest BCUT2D eigenvalue weighted by Gasteiger charge is 2.13. The maximum absolute atomic E-state index is 12.6. The number of fused-ring (bicyclic) bond motifs is 1. The van der Waals surface area contributed by atoms with Gasteiger partial charge >= 0.3 is 5.69 Å². The summed E-state index contributed by atoms with van der Waals surface area (Å²) < 4.78 is 3.36. The van der Waals surface area contributed by atoms with E-state index < -0.39 is 0 Å². The molecule has 20 heavy (non-hydrogen) atoms. The van der Waals surface area contributed by atoms with Gasteiger partial charge in [-0.15, -0.1) is 6.58 Å². The van der Waals surface area contributed by atoms with Crippen molar-refractivity contribution in [3.63, 3.8) is 0 Å². The SMILES string of the molecule is C=CCn1c(=O)n(-c2ccccc2)c2cc(Cl)ccc21. The van der Waals surface area contributed by atoms with Crippen LogP contribution >= 0.6 is 11.6 Å². The molecule has 1 heterocycles. The molecule has 0 fully saturated rings. The molecule has 0 aliphatic heterocycles. The topological polar surface area (TPSA) is 26.9 Å². The number of hydrogen-bond donors (Lipinski definition) is 0. The number of imidazole rings is 1. The first-order valence-corrected chi connectivity index (χ1v) is 6.67. The summed E-state index contributed by atoms with van der Waals surface area (Å²) in [5.74, 6) is 0. The Balaban J connectivity index is 2.42. The van der Waals surface area contributed by atoms with Crippen molar-refractivity contribution in [1.29, 1.82) is 0 Å². The van der Waals surface area contributed by atoms with E-state index in [9.17, 15) is 4.79 Å². The number of aromatic nitrogens is 2. The quantitative estimate of drug-likeness (QED) is 0.675. The van der Waals surface area contributed by atoms with Gasteiger partial charge in [0.05, 0.1) is 16.7 Å². The molecule has 3 nitrogen and oxygen atoms in total. The van der Waals surface area contributed by atoms with E-state index in [1.807, 2.05) is 42.5 Å². The smallest absolute Gasteiger partial charge is 0.288 e. The monoisotopic (exact) mass is 284 g/mol. The third-order valence-electron chi connectivity index (χ3n) is 3.22. The number of hydrogen-bond acceptors (Lipinski definition) is 1. The van der Waals surface area contributed by atoms with E-state index in [1.165, 1.54) is 0 Å². The summed E-state index contributed by atoms with van der Waals surface area (Å²) in [6, 6.07) is 15.0. The molecule has 1 aromatic heterocycles. The second-order valence-electron chi connectivity index (χ2n) is 4.49. The molecule has 0 saturated heterocycles. The minimum absolute atomic E-state index is 0.0895. The maximum atomic E-state index is 12.6. The van der Waals surface area contributed by atoms with Crippen molar-refractivity contribution in [2.75, 3.05) is 0 Å². The van der Waals surface area contributed by atoms with Gasteiger partial charge in [-0.2, -0.15) is 0 Å². The highest BCUT2D eigenvalue weighted by molar-refractivity contribution is 6.31. The van der Waals surface area contributed by atoms with E-state index >= 15 is 0 Å². The maximum Gasteiger partial charge on any atom is 0.334 e. The minimum Gasteiger partial charge on any atom is -0.288 e. The Hall–Kier alpha value is -2.26. The summed E-state index contributed by atoms with van der Waals surface area (Å²) in [6.45, 7) is 4.18. The number of benzene rings is 2. The van der Waals surface area contributed by atoms with Crippen LogP contribution in [0.4, 0.5) is 0 Å². The molecule has 100 valence electrons. The molecule has 0 amide bonds. The van der Waals surface area contributed by atoms with Gasteiger partial charge in [0, 0.05) is 11.6 Å². The third kappa shape index (κ3) is 1.96. The molecule has 3 rings (SSSR count). The van der Waals surface area contributed by atoms with Crippen LogP contribution in [0.25, 0.3) is 16.7 Å². The Bertz CT molecular complexity index is 831. The van der Waals surface area contributed by atoms with Crippen LogP contribution in [0, 0.1) is 0 Å². The molecule has 0 aliphatic rings. The van der Waals surface area contributed by atoms with Gasteiger partial charge in [-0.25, -0.2) is 4.79 Å². The number of allylic oxidation sites excluding steroid dienone is 1. The van der Waals surface area contributed by atoms with Crippen LogP contribution in [-0.4, -0.2) is 9.13 Å². The summed E-state index contributed by atoms with van der Waals surface area (Å²) in [7, 11) is 0. The van der Waals surface area contributed by atoms with Crippen molar-refractivity contribution in [2.45, 2.75) is 6.54 Å². The minimum atomic E-state index is -0.0895. The summed E-state index contributed by atoms with van der Waals surface area (Å²) >= 11 is 6.07. The lowest BCUT2D eigenvalue weighted by molar-refractivity contribution is 0.782. The summed E-state index contributed by atoms with van der Waals surface area (Å²) in [6.07, 6.45) is 1.71. The molecule has 0 atom stereocenters. The zero-order valence-corrected chi connectivity index (χ0v) is 11.5. The molecule has 0 radical (unpaired) electrons.